The van der Waals surface area contributed by atoms with Crippen LogP contribution in [0.3, 0.4) is 0 Å². The topological polar surface area (TPSA) is 132 Å². The van der Waals surface area contributed by atoms with Gasteiger partial charge in [-0.15, -0.1) is 0 Å². The third-order valence-electron chi connectivity index (χ3n) is 5.77. The van der Waals surface area contributed by atoms with Crippen molar-refractivity contribution in [3.63, 3.8) is 0 Å². The van der Waals surface area contributed by atoms with E-state index in [9.17, 15) is 19.3 Å². The molecule has 0 aliphatic carbocycles. The highest BCUT2D eigenvalue weighted by Gasteiger charge is 2.68. The summed E-state index contributed by atoms with van der Waals surface area (Å²) in [5, 5.41) is 9.90. The van der Waals surface area contributed by atoms with E-state index < -0.39 is 48.1 Å². The Morgan fingerprint density at radius 1 is 1.33 bits per heavy atom. The Hall–Kier alpha value is -1.29. The third-order valence-corrected chi connectivity index (χ3v) is 7.99. The maximum atomic E-state index is 12.6. The summed E-state index contributed by atoms with van der Waals surface area (Å²) < 4.78 is 36.8. The van der Waals surface area contributed by atoms with Crippen LogP contribution < -0.4 is 11.2 Å². The number of nitrogens with one attached hydrogen (secondary N) is 1. The second-order valence-electron chi connectivity index (χ2n) is 8.80. The number of hydrogen-bond acceptors (Lipinski definition) is 8. The number of ether oxygens (including phenoxy) is 2. The zero-order valence-electron chi connectivity index (χ0n) is 18.2. The van der Waals surface area contributed by atoms with Crippen molar-refractivity contribution in [2.75, 3.05) is 0 Å². The molecule has 0 aromatic carbocycles. The van der Waals surface area contributed by atoms with E-state index in [1.165, 1.54) is 23.8 Å². The van der Waals surface area contributed by atoms with Crippen LogP contribution in [-0.2, 0) is 23.1 Å². The van der Waals surface area contributed by atoms with Gasteiger partial charge in [-0.3, -0.25) is 28.0 Å². The molecule has 11 heteroatoms. The molecule has 2 aliphatic rings. The molecule has 0 saturated carbocycles. The molecule has 0 amide bonds. The van der Waals surface area contributed by atoms with Gasteiger partial charge in [0.05, 0.1) is 5.60 Å². The van der Waals surface area contributed by atoms with E-state index in [0.717, 1.165) is 0 Å². The first-order valence-electron chi connectivity index (χ1n) is 10.2. The molecule has 0 spiro atoms. The Morgan fingerprint density at radius 2 is 1.97 bits per heavy atom. The highest BCUT2D eigenvalue weighted by atomic mass is 31.2. The van der Waals surface area contributed by atoms with Gasteiger partial charge in [0.2, 0.25) is 0 Å². The summed E-state index contributed by atoms with van der Waals surface area (Å²) in [7, 11) is -3.58. The summed E-state index contributed by atoms with van der Waals surface area (Å²) in [5.41, 5.74) is -3.69. The quantitative estimate of drug-likeness (QED) is 0.460. The Labute approximate surface area is 175 Å². The summed E-state index contributed by atoms with van der Waals surface area (Å²) in [4.78, 5) is 26.1. The van der Waals surface area contributed by atoms with Crippen LogP contribution in [0.4, 0.5) is 0 Å². The van der Waals surface area contributed by atoms with Gasteiger partial charge in [-0.25, -0.2) is 4.79 Å². The van der Waals surface area contributed by atoms with Crippen molar-refractivity contribution < 1.29 is 28.2 Å². The summed E-state index contributed by atoms with van der Waals surface area (Å²) in [6, 6.07) is 1.26. The Morgan fingerprint density at radius 3 is 2.47 bits per heavy atom. The van der Waals surface area contributed by atoms with E-state index in [1.807, 2.05) is 20.8 Å². The van der Waals surface area contributed by atoms with Crippen molar-refractivity contribution in [3.05, 3.63) is 33.1 Å². The largest absolute Gasteiger partial charge is 0.393 e. The smallest absolute Gasteiger partial charge is 0.356 e. The predicted molar refractivity (Wildman–Crippen MR) is 108 cm³/mol. The van der Waals surface area contributed by atoms with Gasteiger partial charge >= 0.3 is 13.3 Å². The van der Waals surface area contributed by atoms with Crippen LogP contribution in [0, 0.1) is 5.92 Å². The first-order chi connectivity index (χ1) is 13.7. The Balaban J connectivity index is 1.88. The zero-order chi connectivity index (χ0) is 22.5. The minimum Gasteiger partial charge on any atom is -0.356 e. The van der Waals surface area contributed by atoms with Crippen LogP contribution in [0.5, 0.6) is 0 Å². The molecule has 170 valence electrons. The average molecular weight is 446 g/mol. The lowest BCUT2D eigenvalue weighted by molar-refractivity contribution is -0.158. The Kier molecular flexibility index (Phi) is 5.99. The van der Waals surface area contributed by atoms with Gasteiger partial charge in [0.15, 0.2) is 12.0 Å². The van der Waals surface area contributed by atoms with Crippen LogP contribution in [-0.4, -0.2) is 37.7 Å². The third kappa shape index (κ3) is 4.49. The molecule has 1 aromatic rings. The van der Waals surface area contributed by atoms with E-state index in [1.54, 1.807) is 13.8 Å². The summed E-state index contributed by atoms with van der Waals surface area (Å²) >= 11 is 0. The van der Waals surface area contributed by atoms with Crippen molar-refractivity contribution in [2.24, 2.45) is 5.92 Å². The van der Waals surface area contributed by atoms with Crippen molar-refractivity contribution in [1.82, 2.24) is 9.55 Å². The summed E-state index contributed by atoms with van der Waals surface area (Å²) in [5.74, 6) is -1.09. The number of aromatic nitrogens is 2. The fraction of sp³-hybridized carbons (Fsp3) is 0.789. The molecule has 3 heterocycles. The lowest BCUT2D eigenvalue weighted by Crippen LogP contribution is -2.40. The summed E-state index contributed by atoms with van der Waals surface area (Å²) in [6.07, 6.45) is 1.73. The van der Waals surface area contributed by atoms with Crippen molar-refractivity contribution >= 4 is 7.60 Å². The molecule has 2 N–H and O–H groups in total. The number of hydrogen-bond donors (Lipinski definition) is 2. The normalized spacial score (nSPS) is 35.7. The molecule has 2 fully saturated rings. The summed E-state index contributed by atoms with van der Waals surface area (Å²) in [6.45, 7) is 10.5. The molecule has 3 rings (SSSR count). The van der Waals surface area contributed by atoms with Crippen LogP contribution in [0.1, 0.15) is 67.0 Å². The molecule has 2 aliphatic heterocycles. The second kappa shape index (κ2) is 7.69. The predicted octanol–water partition coefficient (Wildman–Crippen LogP) is 2.68. The second-order valence-corrected chi connectivity index (χ2v) is 11.0. The molecule has 0 radical (unpaired) electrons. The van der Waals surface area contributed by atoms with Crippen LogP contribution >= 0.6 is 7.60 Å². The SMILES string of the molecule is CCC(CC(C)(CC)OP1(=O)OC1(C)O)C1OC(C)(C)OC1n1ccc(=O)[nH]c1=O. The first-order valence-corrected chi connectivity index (χ1v) is 11.7. The molecule has 1 aromatic heterocycles. The van der Waals surface area contributed by atoms with Gasteiger partial charge in [0, 0.05) is 19.2 Å². The number of H-pyrrole nitrogens is 1. The van der Waals surface area contributed by atoms with Gasteiger partial charge in [0.1, 0.15) is 6.10 Å². The molecule has 30 heavy (non-hydrogen) atoms. The fourth-order valence-corrected chi connectivity index (χ4v) is 5.44. The van der Waals surface area contributed by atoms with Crippen LogP contribution in [0.25, 0.3) is 0 Å². The van der Waals surface area contributed by atoms with Gasteiger partial charge in [-0.2, -0.15) is 0 Å². The lowest BCUT2D eigenvalue weighted by atomic mass is 9.84. The molecular weight excluding hydrogens is 415 g/mol. The lowest BCUT2D eigenvalue weighted by Gasteiger charge is -2.35. The molecule has 0 bridgehead atoms. The fourth-order valence-electron chi connectivity index (χ4n) is 3.84. The minimum absolute atomic E-state index is 0.142. The number of rotatable bonds is 8. The maximum absolute atomic E-state index is 12.6. The number of nitrogens with zero attached hydrogens (tertiary/aromatic N) is 1. The van der Waals surface area contributed by atoms with Crippen molar-refractivity contribution in [1.29, 1.82) is 0 Å². The van der Waals surface area contributed by atoms with Gasteiger partial charge in [0.25, 0.3) is 11.1 Å². The molecule has 6 atom stereocenters. The first kappa shape index (κ1) is 23.4. The highest BCUT2D eigenvalue weighted by molar-refractivity contribution is 7.61. The van der Waals surface area contributed by atoms with Crippen LogP contribution in [0.2, 0.25) is 0 Å². The van der Waals surface area contributed by atoms with E-state index in [-0.39, 0.29) is 5.92 Å². The van der Waals surface area contributed by atoms with E-state index in [0.29, 0.717) is 19.3 Å². The highest BCUT2D eigenvalue weighted by Crippen LogP contribution is 2.78. The van der Waals surface area contributed by atoms with E-state index in [2.05, 4.69) is 4.98 Å². The van der Waals surface area contributed by atoms with Gasteiger partial charge < -0.3 is 14.6 Å². The number of aromatic amines is 1. The minimum atomic E-state index is -3.58. The molecule has 10 nitrogen and oxygen atoms in total. The monoisotopic (exact) mass is 446 g/mol. The molecule has 6 unspecified atom stereocenters. The van der Waals surface area contributed by atoms with Gasteiger partial charge in [-0.1, -0.05) is 20.3 Å². The maximum Gasteiger partial charge on any atom is 0.393 e. The Bertz CT molecular complexity index is 954. The molecule has 2 saturated heterocycles. The van der Waals surface area contributed by atoms with Gasteiger partial charge in [-0.05, 0) is 39.5 Å². The molecular formula is C19H31N2O8P. The van der Waals surface area contributed by atoms with E-state index in [4.69, 9.17) is 18.5 Å². The average Bonchev–Trinajstić information content (AvgIpc) is 2.94. The number of aliphatic hydroxyl groups is 1. The van der Waals surface area contributed by atoms with Crippen molar-refractivity contribution in [3.8, 4) is 0 Å². The standard InChI is InChI=1S/C19H31N2O8P/c1-7-12(11-18(5,8-2)28-30(25)19(6,24)29-30)14-15(27-17(3,4)26-14)21-10-9-13(22)20-16(21)23/h9-10,12,14-15,24H,7-8,11H2,1-6H3,(H,20,22,23). The van der Waals surface area contributed by atoms with Crippen molar-refractivity contribution in [2.45, 2.75) is 90.1 Å². The zero-order valence-corrected chi connectivity index (χ0v) is 19.1. The van der Waals surface area contributed by atoms with E-state index >= 15 is 0 Å². The van der Waals surface area contributed by atoms with Crippen LogP contribution in [0.15, 0.2) is 21.9 Å².